The van der Waals surface area contributed by atoms with Crippen LogP contribution in [0.4, 0.5) is 0 Å². The average molecular weight is 112 g/mol. The van der Waals surface area contributed by atoms with Crippen LogP contribution in [0.1, 0.15) is 19.3 Å². The first-order chi connectivity index (χ1) is 3.90. The van der Waals surface area contributed by atoms with Crippen LogP contribution in [0.2, 0.25) is 0 Å². The van der Waals surface area contributed by atoms with Gasteiger partial charge in [-0.15, -0.1) is 0 Å². The van der Waals surface area contributed by atoms with Crippen LogP contribution in [0, 0.1) is 11.8 Å². The Bertz CT molecular complexity index is 94.6. The first-order valence-electron chi connectivity index (χ1n) is 3.43. The minimum Gasteiger partial charge on any atom is -0.381 e. The smallest absolute Gasteiger partial charge is 0.0602 e. The molecule has 0 heterocycles. The van der Waals surface area contributed by atoms with Crippen LogP contribution < -0.4 is 0 Å². The van der Waals surface area contributed by atoms with Crippen molar-refractivity contribution in [3.8, 4) is 0 Å². The third-order valence-electron chi connectivity index (χ3n) is 2.67. The summed E-state index contributed by atoms with van der Waals surface area (Å²) in [5.74, 6) is 2.00. The van der Waals surface area contributed by atoms with E-state index in [4.69, 9.17) is 4.74 Å². The summed E-state index contributed by atoms with van der Waals surface area (Å²) in [6.45, 7) is 0. The van der Waals surface area contributed by atoms with E-state index in [-0.39, 0.29) is 0 Å². The van der Waals surface area contributed by atoms with E-state index in [1.807, 2.05) is 7.11 Å². The molecule has 46 valence electrons. The second-order valence-corrected chi connectivity index (χ2v) is 3.11. The van der Waals surface area contributed by atoms with Gasteiger partial charge in [0.05, 0.1) is 6.10 Å². The molecule has 3 saturated carbocycles. The van der Waals surface area contributed by atoms with E-state index in [1.165, 1.54) is 19.3 Å². The Kier molecular flexibility index (Phi) is 0.884. The standard InChI is InChI=1S/C7H12O/c1-8-7-4-5-2-6(7)3-5/h5-7H,2-4H2,1H3. The van der Waals surface area contributed by atoms with Crippen molar-refractivity contribution >= 4 is 0 Å². The Morgan fingerprint density at radius 1 is 1.25 bits per heavy atom. The van der Waals surface area contributed by atoms with Crippen molar-refractivity contribution in [3.63, 3.8) is 0 Å². The van der Waals surface area contributed by atoms with Crippen molar-refractivity contribution in [2.75, 3.05) is 7.11 Å². The summed E-state index contributed by atoms with van der Waals surface area (Å²) < 4.78 is 5.27. The zero-order valence-electron chi connectivity index (χ0n) is 5.26. The number of hydrogen-bond acceptors (Lipinski definition) is 1. The van der Waals surface area contributed by atoms with Gasteiger partial charge in [-0.3, -0.25) is 0 Å². The van der Waals surface area contributed by atoms with Crippen molar-refractivity contribution in [1.82, 2.24) is 0 Å². The molecule has 0 aliphatic heterocycles. The number of fused-ring (bicyclic) bond motifs is 1. The van der Waals surface area contributed by atoms with Crippen molar-refractivity contribution in [3.05, 3.63) is 0 Å². The van der Waals surface area contributed by atoms with Gasteiger partial charge in [-0.2, -0.15) is 0 Å². The lowest BCUT2D eigenvalue weighted by atomic mass is 9.84. The molecule has 2 bridgehead atoms. The van der Waals surface area contributed by atoms with E-state index in [9.17, 15) is 0 Å². The Balaban J connectivity index is 2.00. The molecule has 0 aromatic rings. The van der Waals surface area contributed by atoms with E-state index in [0.717, 1.165) is 11.8 Å². The predicted octanol–water partition coefficient (Wildman–Crippen LogP) is 1.43. The number of rotatable bonds is 1. The van der Waals surface area contributed by atoms with Gasteiger partial charge in [0, 0.05) is 7.11 Å². The van der Waals surface area contributed by atoms with Crippen LogP contribution in [0.5, 0.6) is 0 Å². The second kappa shape index (κ2) is 1.47. The minimum atomic E-state index is 0.639. The molecule has 0 spiro atoms. The van der Waals surface area contributed by atoms with Gasteiger partial charge >= 0.3 is 0 Å². The Labute approximate surface area is 50.0 Å². The molecular formula is C7H12O. The largest absolute Gasteiger partial charge is 0.381 e. The third kappa shape index (κ3) is 0.455. The van der Waals surface area contributed by atoms with Gasteiger partial charge < -0.3 is 4.74 Å². The number of ether oxygens (including phenoxy) is 1. The maximum Gasteiger partial charge on any atom is 0.0602 e. The Morgan fingerprint density at radius 2 is 2.00 bits per heavy atom. The molecule has 1 atom stereocenters. The average Bonchev–Trinajstić information content (AvgIpc) is 2.15. The van der Waals surface area contributed by atoms with Crippen molar-refractivity contribution in [1.29, 1.82) is 0 Å². The molecule has 3 rings (SSSR count). The minimum absolute atomic E-state index is 0.639. The van der Waals surface area contributed by atoms with Crippen LogP contribution in [-0.4, -0.2) is 13.2 Å². The monoisotopic (exact) mass is 112 g/mol. The fourth-order valence-electron chi connectivity index (χ4n) is 2.09. The van der Waals surface area contributed by atoms with Gasteiger partial charge in [-0.05, 0) is 31.1 Å². The summed E-state index contributed by atoms with van der Waals surface area (Å²) in [5, 5.41) is 0. The van der Waals surface area contributed by atoms with E-state index in [1.54, 1.807) is 0 Å². The van der Waals surface area contributed by atoms with Gasteiger partial charge in [-0.25, -0.2) is 0 Å². The van der Waals surface area contributed by atoms with Crippen LogP contribution in [0.15, 0.2) is 0 Å². The van der Waals surface area contributed by atoms with Gasteiger partial charge in [0.25, 0.3) is 0 Å². The maximum absolute atomic E-state index is 5.27. The topological polar surface area (TPSA) is 9.23 Å². The molecule has 0 N–H and O–H groups in total. The Morgan fingerprint density at radius 3 is 2.25 bits per heavy atom. The lowest BCUT2D eigenvalue weighted by Gasteiger charge is -2.23. The first kappa shape index (κ1) is 4.80. The van der Waals surface area contributed by atoms with E-state index >= 15 is 0 Å². The maximum atomic E-state index is 5.27. The summed E-state index contributed by atoms with van der Waals surface area (Å²) >= 11 is 0. The molecule has 8 heavy (non-hydrogen) atoms. The highest BCUT2D eigenvalue weighted by atomic mass is 16.5. The van der Waals surface area contributed by atoms with E-state index in [0.29, 0.717) is 6.10 Å². The Hall–Kier alpha value is -0.0400. The molecule has 0 radical (unpaired) electrons. The van der Waals surface area contributed by atoms with Gasteiger partial charge in [0.2, 0.25) is 0 Å². The molecule has 3 aliphatic carbocycles. The molecule has 0 amide bonds. The van der Waals surface area contributed by atoms with Crippen LogP contribution in [0.25, 0.3) is 0 Å². The first-order valence-corrected chi connectivity index (χ1v) is 3.43. The van der Waals surface area contributed by atoms with Crippen molar-refractivity contribution in [2.24, 2.45) is 11.8 Å². The highest BCUT2D eigenvalue weighted by Crippen LogP contribution is 2.49. The van der Waals surface area contributed by atoms with E-state index in [2.05, 4.69) is 0 Å². The molecule has 0 saturated heterocycles. The third-order valence-corrected chi connectivity index (χ3v) is 2.67. The SMILES string of the molecule is COC1CC2CC1C2. The number of methoxy groups -OCH3 is 1. The molecule has 1 unspecified atom stereocenters. The van der Waals surface area contributed by atoms with Crippen molar-refractivity contribution in [2.45, 2.75) is 25.4 Å². The van der Waals surface area contributed by atoms with Gasteiger partial charge in [0.1, 0.15) is 0 Å². The quantitative estimate of drug-likeness (QED) is 0.498. The molecule has 0 aromatic heterocycles. The highest BCUT2D eigenvalue weighted by Gasteiger charge is 2.44. The summed E-state index contributed by atoms with van der Waals surface area (Å²) in [5.41, 5.74) is 0. The predicted molar refractivity (Wildman–Crippen MR) is 31.6 cm³/mol. The zero-order chi connectivity index (χ0) is 5.56. The van der Waals surface area contributed by atoms with Crippen LogP contribution in [0.3, 0.4) is 0 Å². The lowest BCUT2D eigenvalue weighted by Crippen LogP contribution is -2.18. The fourth-order valence-corrected chi connectivity index (χ4v) is 2.09. The van der Waals surface area contributed by atoms with Gasteiger partial charge in [-0.1, -0.05) is 0 Å². The molecular weight excluding hydrogens is 100 g/mol. The molecule has 1 nitrogen and oxygen atoms in total. The van der Waals surface area contributed by atoms with Gasteiger partial charge in [0.15, 0.2) is 0 Å². The number of hydrogen-bond donors (Lipinski definition) is 0. The summed E-state index contributed by atoms with van der Waals surface area (Å²) in [6.07, 6.45) is 4.90. The zero-order valence-corrected chi connectivity index (χ0v) is 5.26. The summed E-state index contributed by atoms with van der Waals surface area (Å²) in [4.78, 5) is 0. The van der Waals surface area contributed by atoms with Crippen LogP contribution >= 0.6 is 0 Å². The summed E-state index contributed by atoms with van der Waals surface area (Å²) in [7, 11) is 1.84. The van der Waals surface area contributed by atoms with Crippen molar-refractivity contribution < 1.29 is 4.74 Å². The van der Waals surface area contributed by atoms with E-state index < -0.39 is 0 Å². The molecule has 0 aromatic carbocycles. The normalized spacial score (nSPS) is 51.4. The lowest BCUT2D eigenvalue weighted by molar-refractivity contribution is 0.0755. The highest BCUT2D eigenvalue weighted by molar-refractivity contribution is 4.94. The molecule has 3 aliphatic rings. The summed E-state index contributed by atoms with van der Waals surface area (Å²) in [6, 6.07) is 0. The van der Waals surface area contributed by atoms with Crippen LogP contribution in [-0.2, 0) is 4.74 Å². The second-order valence-electron chi connectivity index (χ2n) is 3.11. The fraction of sp³-hybridized carbons (Fsp3) is 1.00. The molecule has 3 fully saturated rings. The molecule has 1 heteroatoms.